The highest BCUT2D eigenvalue weighted by Crippen LogP contribution is 2.34. The van der Waals surface area contributed by atoms with Gasteiger partial charge in [0.1, 0.15) is 5.75 Å². The van der Waals surface area contributed by atoms with Gasteiger partial charge in [0.25, 0.3) is 0 Å². The smallest absolute Gasteiger partial charge is 0.389 e. The molecule has 16 heavy (non-hydrogen) atoms. The zero-order valence-corrected chi connectivity index (χ0v) is 9.02. The van der Waals surface area contributed by atoms with Crippen molar-refractivity contribution in [2.24, 2.45) is 5.73 Å². The molecule has 2 nitrogen and oxygen atoms in total. The molecule has 0 saturated carbocycles. The maximum atomic E-state index is 12.0. The van der Waals surface area contributed by atoms with Gasteiger partial charge in [-0.3, -0.25) is 0 Å². The molecule has 0 saturated heterocycles. The molecule has 1 aromatic rings. The molecule has 0 heterocycles. The van der Waals surface area contributed by atoms with Crippen LogP contribution in [0.1, 0.15) is 24.4 Å². The lowest BCUT2D eigenvalue weighted by Crippen LogP contribution is -2.15. The topological polar surface area (TPSA) is 46.2 Å². The lowest BCUT2D eigenvalue weighted by molar-refractivity contribution is -0.136. The quantitative estimate of drug-likeness (QED) is 0.867. The third-order valence-electron chi connectivity index (χ3n) is 2.16. The van der Waals surface area contributed by atoms with Gasteiger partial charge in [0.05, 0.1) is 5.02 Å². The summed E-state index contributed by atoms with van der Waals surface area (Å²) in [5.41, 5.74) is 5.79. The number of para-hydroxylation sites is 1. The van der Waals surface area contributed by atoms with E-state index in [1.165, 1.54) is 18.2 Å². The van der Waals surface area contributed by atoms with E-state index < -0.39 is 18.6 Å². The number of hydrogen-bond acceptors (Lipinski definition) is 2. The average molecular weight is 254 g/mol. The summed E-state index contributed by atoms with van der Waals surface area (Å²) in [6.45, 7) is 0. The van der Waals surface area contributed by atoms with Gasteiger partial charge in [0.2, 0.25) is 0 Å². The molecular weight excluding hydrogens is 243 g/mol. The number of alkyl halides is 3. The van der Waals surface area contributed by atoms with E-state index in [9.17, 15) is 18.3 Å². The van der Waals surface area contributed by atoms with Gasteiger partial charge in [-0.15, -0.1) is 0 Å². The molecular formula is C10H11ClF3NO. The Morgan fingerprint density at radius 2 is 2.00 bits per heavy atom. The van der Waals surface area contributed by atoms with Crippen LogP contribution in [0.4, 0.5) is 13.2 Å². The lowest BCUT2D eigenvalue weighted by atomic mass is 10.0. The van der Waals surface area contributed by atoms with Gasteiger partial charge in [-0.05, 0) is 12.5 Å². The number of nitrogens with two attached hydrogens (primary N) is 1. The molecule has 0 unspecified atom stereocenters. The van der Waals surface area contributed by atoms with Crippen LogP contribution in [0.2, 0.25) is 5.02 Å². The van der Waals surface area contributed by atoms with Crippen molar-refractivity contribution in [2.45, 2.75) is 25.1 Å². The maximum absolute atomic E-state index is 12.0. The monoisotopic (exact) mass is 253 g/mol. The van der Waals surface area contributed by atoms with Gasteiger partial charge >= 0.3 is 6.18 Å². The van der Waals surface area contributed by atoms with Crippen molar-refractivity contribution >= 4 is 11.6 Å². The van der Waals surface area contributed by atoms with Crippen LogP contribution in [0.25, 0.3) is 0 Å². The van der Waals surface area contributed by atoms with Gasteiger partial charge in [0, 0.05) is 18.0 Å². The number of benzene rings is 1. The largest absolute Gasteiger partial charge is 0.506 e. The van der Waals surface area contributed by atoms with Crippen LogP contribution < -0.4 is 5.73 Å². The second-order valence-corrected chi connectivity index (χ2v) is 3.85. The molecule has 0 radical (unpaired) electrons. The van der Waals surface area contributed by atoms with Crippen molar-refractivity contribution in [1.29, 1.82) is 0 Å². The Labute approximate surface area is 95.8 Å². The predicted octanol–water partition coefficient (Wildman–Crippen LogP) is 3.39. The molecule has 3 N–H and O–H groups in total. The van der Waals surface area contributed by atoms with Gasteiger partial charge in [-0.2, -0.15) is 13.2 Å². The molecule has 1 aromatic carbocycles. The Kier molecular flexibility index (Phi) is 4.04. The van der Waals surface area contributed by atoms with Crippen LogP contribution >= 0.6 is 11.6 Å². The molecule has 0 aliphatic rings. The SMILES string of the molecule is N[C@H](CCC(F)(F)F)c1cccc(Cl)c1O. The van der Waals surface area contributed by atoms with E-state index in [1.807, 2.05) is 0 Å². The Morgan fingerprint density at radius 1 is 1.38 bits per heavy atom. The van der Waals surface area contributed by atoms with E-state index in [0.717, 1.165) is 0 Å². The van der Waals surface area contributed by atoms with E-state index >= 15 is 0 Å². The summed E-state index contributed by atoms with van der Waals surface area (Å²) in [5, 5.41) is 9.59. The zero-order valence-electron chi connectivity index (χ0n) is 8.26. The molecule has 0 fully saturated rings. The van der Waals surface area contributed by atoms with Crippen molar-refractivity contribution < 1.29 is 18.3 Å². The summed E-state index contributed by atoms with van der Waals surface area (Å²) in [6.07, 6.45) is -5.51. The zero-order chi connectivity index (χ0) is 12.3. The summed E-state index contributed by atoms with van der Waals surface area (Å²) < 4.78 is 35.9. The van der Waals surface area contributed by atoms with Crippen LogP contribution in [0.5, 0.6) is 5.75 Å². The Bertz CT molecular complexity index is 368. The van der Waals surface area contributed by atoms with Crippen molar-refractivity contribution in [3.8, 4) is 5.75 Å². The minimum absolute atomic E-state index is 0.0833. The van der Waals surface area contributed by atoms with Crippen LogP contribution in [-0.2, 0) is 0 Å². The number of halogens is 4. The molecule has 90 valence electrons. The van der Waals surface area contributed by atoms with Gasteiger partial charge < -0.3 is 10.8 Å². The van der Waals surface area contributed by atoms with Crippen LogP contribution in [-0.4, -0.2) is 11.3 Å². The molecule has 1 rings (SSSR count). The fourth-order valence-corrected chi connectivity index (χ4v) is 1.49. The Balaban J connectivity index is 2.73. The Hall–Kier alpha value is -0.940. The van der Waals surface area contributed by atoms with Crippen LogP contribution in [0.15, 0.2) is 18.2 Å². The highest BCUT2D eigenvalue weighted by atomic mass is 35.5. The molecule has 0 bridgehead atoms. The molecule has 1 atom stereocenters. The number of aromatic hydroxyl groups is 1. The number of hydrogen-bond donors (Lipinski definition) is 2. The first-order valence-corrected chi connectivity index (χ1v) is 4.99. The maximum Gasteiger partial charge on any atom is 0.389 e. The standard InChI is InChI=1S/C10H11ClF3NO/c11-7-3-1-2-6(9(7)16)8(15)4-5-10(12,13)14/h1-3,8,16H,4-5,15H2/t8-/m1/s1. The number of rotatable bonds is 3. The molecule has 0 aliphatic carbocycles. The highest BCUT2D eigenvalue weighted by Gasteiger charge is 2.28. The Morgan fingerprint density at radius 3 is 2.56 bits per heavy atom. The van der Waals surface area contributed by atoms with Gasteiger partial charge in [-0.25, -0.2) is 0 Å². The van der Waals surface area contributed by atoms with E-state index in [2.05, 4.69) is 0 Å². The second-order valence-electron chi connectivity index (χ2n) is 3.44. The third kappa shape index (κ3) is 3.57. The fourth-order valence-electron chi connectivity index (χ4n) is 1.31. The highest BCUT2D eigenvalue weighted by molar-refractivity contribution is 6.32. The van der Waals surface area contributed by atoms with E-state index in [0.29, 0.717) is 0 Å². The average Bonchev–Trinajstić information content (AvgIpc) is 2.17. The van der Waals surface area contributed by atoms with Crippen LogP contribution in [0.3, 0.4) is 0 Å². The first-order chi connectivity index (χ1) is 7.31. The van der Waals surface area contributed by atoms with Crippen molar-refractivity contribution in [1.82, 2.24) is 0 Å². The first kappa shape index (κ1) is 13.1. The predicted molar refractivity (Wildman–Crippen MR) is 55.3 cm³/mol. The normalized spacial score (nSPS) is 13.8. The third-order valence-corrected chi connectivity index (χ3v) is 2.46. The number of phenolic OH excluding ortho intramolecular Hbond substituents is 1. The summed E-state index contributed by atoms with van der Waals surface area (Å²) in [6, 6.07) is 3.56. The lowest BCUT2D eigenvalue weighted by Gasteiger charge is -2.15. The summed E-state index contributed by atoms with van der Waals surface area (Å²) in [7, 11) is 0. The molecule has 0 aromatic heterocycles. The molecule has 6 heteroatoms. The van der Waals surface area contributed by atoms with E-state index in [-0.39, 0.29) is 22.8 Å². The fraction of sp³-hybridized carbons (Fsp3) is 0.400. The minimum atomic E-state index is -4.24. The van der Waals surface area contributed by atoms with Gasteiger partial charge in [0.15, 0.2) is 0 Å². The summed E-state index contributed by atoms with van der Waals surface area (Å²) in [5.74, 6) is -0.251. The first-order valence-electron chi connectivity index (χ1n) is 4.61. The second kappa shape index (κ2) is 4.93. The summed E-state index contributed by atoms with van der Waals surface area (Å²) in [4.78, 5) is 0. The molecule has 0 spiro atoms. The van der Waals surface area contributed by atoms with Crippen molar-refractivity contribution in [3.05, 3.63) is 28.8 Å². The molecule has 0 aliphatic heterocycles. The summed E-state index contributed by atoms with van der Waals surface area (Å²) >= 11 is 5.62. The van der Waals surface area contributed by atoms with E-state index in [1.54, 1.807) is 0 Å². The minimum Gasteiger partial charge on any atom is -0.506 e. The van der Waals surface area contributed by atoms with Crippen molar-refractivity contribution in [3.63, 3.8) is 0 Å². The van der Waals surface area contributed by atoms with Crippen molar-refractivity contribution in [2.75, 3.05) is 0 Å². The number of phenols is 1. The van der Waals surface area contributed by atoms with E-state index in [4.69, 9.17) is 17.3 Å². The van der Waals surface area contributed by atoms with Crippen LogP contribution in [0, 0.1) is 0 Å². The van der Waals surface area contributed by atoms with Gasteiger partial charge in [-0.1, -0.05) is 23.7 Å². The molecule has 0 amide bonds.